The predicted molar refractivity (Wildman–Crippen MR) is 75.0 cm³/mol. The molecule has 0 atom stereocenters. The molecule has 0 aliphatic carbocycles. The number of aromatic nitrogens is 1. The van der Waals surface area contributed by atoms with Crippen LogP contribution >= 0.6 is 0 Å². The molecule has 0 aliphatic rings. The molecule has 1 amide bonds. The van der Waals surface area contributed by atoms with E-state index in [9.17, 15) is 18.4 Å². The number of pyridine rings is 1. The van der Waals surface area contributed by atoms with Gasteiger partial charge in [-0.2, -0.15) is 8.78 Å². The van der Waals surface area contributed by atoms with Crippen LogP contribution in [-0.4, -0.2) is 29.8 Å². The smallest absolute Gasteiger partial charge is 0.413 e. The average molecular weight is 316 g/mol. The van der Waals surface area contributed by atoms with Gasteiger partial charge in [0.1, 0.15) is 16.9 Å². The molecule has 0 aromatic carbocycles. The Kier molecular flexibility index (Phi) is 5.05. The quantitative estimate of drug-likeness (QED) is 0.866. The van der Waals surface area contributed by atoms with Gasteiger partial charge in [-0.25, -0.2) is 14.6 Å². The first-order valence-electron chi connectivity index (χ1n) is 6.41. The number of alkyl halides is 2. The van der Waals surface area contributed by atoms with Gasteiger partial charge in [0.15, 0.2) is 5.82 Å². The van der Waals surface area contributed by atoms with Crippen molar-refractivity contribution in [3.63, 3.8) is 0 Å². The van der Waals surface area contributed by atoms with Crippen LogP contribution in [0.15, 0.2) is 12.1 Å². The standard InChI is InChI=1S/C14H18F2N2O4/c1-13(2,3)22-12(20)18-10-8(11(19)21-5)6-7-9(17-10)14(4,15)16/h6-7H,1-5H3,(H,17,18,20). The molecule has 1 heterocycles. The van der Waals surface area contributed by atoms with E-state index < -0.39 is 29.3 Å². The van der Waals surface area contributed by atoms with Crippen molar-refractivity contribution >= 4 is 17.9 Å². The molecule has 6 nitrogen and oxygen atoms in total. The molecule has 0 bridgehead atoms. The number of carbonyl (C=O) groups is 2. The van der Waals surface area contributed by atoms with Crippen molar-refractivity contribution < 1.29 is 27.8 Å². The zero-order chi connectivity index (χ0) is 17.1. The largest absolute Gasteiger partial charge is 0.465 e. The first-order valence-corrected chi connectivity index (χ1v) is 6.41. The Morgan fingerprint density at radius 1 is 1.18 bits per heavy atom. The summed E-state index contributed by atoms with van der Waals surface area (Å²) in [6.45, 7) is 5.57. The SMILES string of the molecule is COC(=O)c1ccc(C(C)(F)F)nc1NC(=O)OC(C)(C)C. The van der Waals surface area contributed by atoms with Gasteiger partial charge in [0, 0.05) is 6.92 Å². The van der Waals surface area contributed by atoms with Crippen LogP contribution in [0.1, 0.15) is 43.7 Å². The van der Waals surface area contributed by atoms with Gasteiger partial charge in [0.2, 0.25) is 0 Å². The molecule has 122 valence electrons. The molecule has 8 heteroatoms. The van der Waals surface area contributed by atoms with Gasteiger partial charge < -0.3 is 9.47 Å². The number of amides is 1. The average Bonchev–Trinajstić information content (AvgIpc) is 2.34. The minimum absolute atomic E-state index is 0.152. The number of nitrogens with zero attached hydrogens (tertiary/aromatic N) is 1. The van der Waals surface area contributed by atoms with Crippen LogP contribution in [0.3, 0.4) is 0 Å². The second-order valence-electron chi connectivity index (χ2n) is 5.60. The van der Waals surface area contributed by atoms with E-state index in [0.29, 0.717) is 6.92 Å². The molecule has 1 aromatic heterocycles. The number of ether oxygens (including phenoxy) is 2. The molecular weight excluding hydrogens is 298 g/mol. The Morgan fingerprint density at radius 3 is 2.23 bits per heavy atom. The molecule has 22 heavy (non-hydrogen) atoms. The molecule has 0 spiro atoms. The fourth-order valence-electron chi connectivity index (χ4n) is 1.47. The van der Waals surface area contributed by atoms with Crippen molar-refractivity contribution in [2.24, 2.45) is 0 Å². The summed E-state index contributed by atoms with van der Waals surface area (Å²) in [7, 11) is 1.13. The van der Waals surface area contributed by atoms with E-state index in [1.54, 1.807) is 20.8 Å². The number of esters is 1. The van der Waals surface area contributed by atoms with E-state index in [4.69, 9.17) is 4.74 Å². The third-order valence-corrected chi connectivity index (χ3v) is 2.37. The van der Waals surface area contributed by atoms with Crippen molar-refractivity contribution in [1.29, 1.82) is 0 Å². The van der Waals surface area contributed by atoms with Crippen LogP contribution in [0, 0.1) is 0 Å². The summed E-state index contributed by atoms with van der Waals surface area (Å²) in [4.78, 5) is 27.0. The fraction of sp³-hybridized carbons (Fsp3) is 0.500. The number of hydrogen-bond donors (Lipinski definition) is 1. The van der Waals surface area contributed by atoms with Crippen LogP contribution in [0.2, 0.25) is 0 Å². The van der Waals surface area contributed by atoms with E-state index in [0.717, 1.165) is 19.2 Å². The van der Waals surface area contributed by atoms with E-state index in [-0.39, 0.29) is 11.4 Å². The van der Waals surface area contributed by atoms with E-state index in [1.165, 1.54) is 0 Å². The Balaban J connectivity index is 3.17. The topological polar surface area (TPSA) is 77.5 Å². The second-order valence-corrected chi connectivity index (χ2v) is 5.60. The number of methoxy groups -OCH3 is 1. The maximum atomic E-state index is 13.3. The van der Waals surface area contributed by atoms with Crippen LogP contribution in [0.5, 0.6) is 0 Å². The van der Waals surface area contributed by atoms with Crippen molar-refractivity contribution in [2.45, 2.75) is 39.2 Å². The lowest BCUT2D eigenvalue weighted by atomic mass is 10.2. The number of carbonyl (C=O) groups excluding carboxylic acids is 2. The summed E-state index contributed by atoms with van der Waals surface area (Å²) >= 11 is 0. The number of rotatable bonds is 3. The van der Waals surface area contributed by atoms with Gasteiger partial charge in [0.25, 0.3) is 5.92 Å². The van der Waals surface area contributed by atoms with E-state index in [2.05, 4.69) is 15.0 Å². The summed E-state index contributed by atoms with van der Waals surface area (Å²) < 4.78 is 36.2. The number of nitrogens with one attached hydrogen (secondary N) is 1. The van der Waals surface area contributed by atoms with E-state index >= 15 is 0 Å². The van der Waals surface area contributed by atoms with Gasteiger partial charge in [0.05, 0.1) is 7.11 Å². The van der Waals surface area contributed by atoms with Gasteiger partial charge in [-0.15, -0.1) is 0 Å². The minimum atomic E-state index is -3.22. The third kappa shape index (κ3) is 4.94. The van der Waals surface area contributed by atoms with Gasteiger partial charge >= 0.3 is 12.1 Å². The van der Waals surface area contributed by atoms with Crippen molar-refractivity contribution in [3.05, 3.63) is 23.4 Å². The van der Waals surface area contributed by atoms with Gasteiger partial charge in [-0.05, 0) is 32.9 Å². The lowest BCUT2D eigenvalue weighted by Crippen LogP contribution is -2.28. The maximum Gasteiger partial charge on any atom is 0.413 e. The normalized spacial score (nSPS) is 11.8. The lowest BCUT2D eigenvalue weighted by molar-refractivity contribution is 0.0127. The van der Waals surface area contributed by atoms with Crippen LogP contribution in [0.25, 0.3) is 0 Å². The van der Waals surface area contributed by atoms with Crippen LogP contribution < -0.4 is 5.32 Å². The first-order chi connectivity index (χ1) is 9.94. The highest BCUT2D eigenvalue weighted by Crippen LogP contribution is 2.28. The van der Waals surface area contributed by atoms with Crippen molar-refractivity contribution in [2.75, 3.05) is 12.4 Å². The Hall–Kier alpha value is -2.25. The van der Waals surface area contributed by atoms with Crippen molar-refractivity contribution in [1.82, 2.24) is 4.98 Å². The molecule has 1 rings (SSSR count). The Bertz CT molecular complexity index is 577. The summed E-state index contributed by atoms with van der Waals surface area (Å²) in [5.41, 5.74) is -1.53. The van der Waals surface area contributed by atoms with Crippen LogP contribution in [0.4, 0.5) is 19.4 Å². The lowest BCUT2D eigenvalue weighted by Gasteiger charge is -2.20. The molecule has 0 aliphatic heterocycles. The first kappa shape index (κ1) is 17.8. The Morgan fingerprint density at radius 2 is 1.77 bits per heavy atom. The fourth-order valence-corrected chi connectivity index (χ4v) is 1.47. The third-order valence-electron chi connectivity index (χ3n) is 2.37. The number of anilines is 1. The predicted octanol–water partition coefficient (Wildman–Crippen LogP) is 3.33. The highest BCUT2D eigenvalue weighted by atomic mass is 19.3. The molecule has 0 fully saturated rings. The minimum Gasteiger partial charge on any atom is -0.465 e. The molecule has 0 radical (unpaired) electrons. The van der Waals surface area contributed by atoms with Crippen LogP contribution in [-0.2, 0) is 15.4 Å². The molecular formula is C14H18F2N2O4. The highest BCUT2D eigenvalue weighted by molar-refractivity contribution is 5.98. The monoisotopic (exact) mass is 316 g/mol. The molecule has 0 saturated carbocycles. The second kappa shape index (κ2) is 6.25. The summed E-state index contributed by atoms with van der Waals surface area (Å²) in [5.74, 6) is -4.39. The van der Waals surface area contributed by atoms with Gasteiger partial charge in [-0.3, -0.25) is 5.32 Å². The zero-order valence-electron chi connectivity index (χ0n) is 13.0. The van der Waals surface area contributed by atoms with Crippen molar-refractivity contribution in [3.8, 4) is 0 Å². The van der Waals surface area contributed by atoms with Gasteiger partial charge in [-0.1, -0.05) is 0 Å². The number of halogens is 2. The number of hydrogen-bond acceptors (Lipinski definition) is 5. The summed E-state index contributed by atoms with van der Waals surface area (Å²) in [5, 5.41) is 2.19. The Labute approximate surface area is 126 Å². The summed E-state index contributed by atoms with van der Waals surface area (Å²) in [6.07, 6.45) is -0.915. The molecule has 1 aromatic rings. The summed E-state index contributed by atoms with van der Waals surface area (Å²) in [6, 6.07) is 2.10. The molecule has 1 N–H and O–H groups in total. The van der Waals surface area contributed by atoms with E-state index in [1.807, 2.05) is 0 Å². The highest BCUT2D eigenvalue weighted by Gasteiger charge is 2.29. The molecule has 0 unspecified atom stereocenters. The molecule has 0 saturated heterocycles. The zero-order valence-corrected chi connectivity index (χ0v) is 13.0. The maximum absolute atomic E-state index is 13.3.